The van der Waals surface area contributed by atoms with Crippen molar-refractivity contribution in [3.8, 4) is 0 Å². The molecule has 0 fully saturated rings. The summed E-state index contributed by atoms with van der Waals surface area (Å²) in [5.74, 6) is 0. The van der Waals surface area contributed by atoms with Gasteiger partial charge in [-0.15, -0.1) is 0 Å². The molecule has 1 aromatic carbocycles. The molecular weight excluding hydrogens is 230 g/mol. The molecule has 0 atom stereocenters. The van der Waals surface area contributed by atoms with Crippen LogP contribution in [0.15, 0.2) is 30.3 Å². The second-order valence-electron chi connectivity index (χ2n) is 4.83. The fraction of sp³-hybridized carbons (Fsp3) is 0.357. The molecule has 98 valence electrons. The van der Waals surface area contributed by atoms with Crippen molar-refractivity contribution in [2.24, 2.45) is 0 Å². The number of amides is 1. The Labute approximate surface area is 107 Å². The Morgan fingerprint density at radius 3 is 2.44 bits per heavy atom. The van der Waals surface area contributed by atoms with E-state index in [0.717, 1.165) is 5.56 Å². The third-order valence-corrected chi connectivity index (χ3v) is 1.97. The number of hydrogen-bond donors (Lipinski definition) is 2. The third kappa shape index (κ3) is 5.50. The Kier molecular flexibility index (Phi) is 4.92. The van der Waals surface area contributed by atoms with E-state index in [1.54, 1.807) is 24.3 Å². The number of benzene rings is 1. The Bertz CT molecular complexity index is 416. The first-order valence-corrected chi connectivity index (χ1v) is 5.78. The van der Waals surface area contributed by atoms with Crippen LogP contribution in [0.5, 0.6) is 0 Å². The zero-order chi connectivity index (χ0) is 13.6. The summed E-state index contributed by atoms with van der Waals surface area (Å²) in [7, 11) is 0. The van der Waals surface area contributed by atoms with Crippen molar-refractivity contribution >= 4 is 17.9 Å². The van der Waals surface area contributed by atoms with Crippen LogP contribution in [0.2, 0.25) is 0 Å². The van der Waals surface area contributed by atoms with Gasteiger partial charge in [0.05, 0.1) is 6.61 Å². The fourth-order valence-electron chi connectivity index (χ4n) is 1.29. The maximum atomic E-state index is 11.5. The van der Waals surface area contributed by atoms with Crippen LogP contribution in [0.1, 0.15) is 26.3 Å². The van der Waals surface area contributed by atoms with E-state index >= 15 is 0 Å². The van der Waals surface area contributed by atoms with Crippen LogP contribution < -0.4 is 5.32 Å². The molecule has 0 radical (unpaired) electrons. The topological polar surface area (TPSA) is 58.6 Å². The van der Waals surface area contributed by atoms with Gasteiger partial charge in [-0.05, 0) is 38.5 Å². The van der Waals surface area contributed by atoms with E-state index in [4.69, 9.17) is 9.84 Å². The number of nitrogens with one attached hydrogen (secondary N) is 1. The number of carbonyl (C=O) groups excluding carboxylic acids is 1. The zero-order valence-corrected chi connectivity index (χ0v) is 10.9. The van der Waals surface area contributed by atoms with Crippen molar-refractivity contribution in [3.63, 3.8) is 0 Å². The van der Waals surface area contributed by atoms with Gasteiger partial charge in [0.15, 0.2) is 0 Å². The van der Waals surface area contributed by atoms with Crippen molar-refractivity contribution in [1.29, 1.82) is 0 Å². The predicted octanol–water partition coefficient (Wildman–Crippen LogP) is 3.04. The van der Waals surface area contributed by atoms with Crippen LogP contribution in [-0.2, 0) is 4.74 Å². The van der Waals surface area contributed by atoms with Crippen molar-refractivity contribution in [2.75, 3.05) is 11.9 Å². The number of anilines is 1. The molecule has 0 spiro atoms. The predicted molar refractivity (Wildman–Crippen MR) is 72.4 cm³/mol. The average molecular weight is 249 g/mol. The normalized spacial score (nSPS) is 11.6. The molecule has 1 aromatic rings. The highest BCUT2D eigenvalue weighted by Gasteiger charge is 2.15. The molecule has 1 rings (SSSR count). The van der Waals surface area contributed by atoms with Crippen molar-refractivity contribution in [2.45, 2.75) is 26.4 Å². The summed E-state index contributed by atoms with van der Waals surface area (Å²) in [6.45, 7) is 5.46. The average Bonchev–Trinajstić information content (AvgIpc) is 2.25. The van der Waals surface area contributed by atoms with E-state index in [0.29, 0.717) is 5.69 Å². The quantitative estimate of drug-likeness (QED) is 0.865. The highest BCUT2D eigenvalue weighted by Crippen LogP contribution is 2.13. The highest BCUT2D eigenvalue weighted by atomic mass is 16.6. The zero-order valence-electron chi connectivity index (χ0n) is 10.9. The number of aliphatic hydroxyl groups is 1. The molecule has 0 saturated heterocycles. The van der Waals surface area contributed by atoms with Crippen molar-refractivity contribution < 1.29 is 14.6 Å². The molecule has 0 heterocycles. The van der Waals surface area contributed by atoms with Crippen LogP contribution in [0.25, 0.3) is 6.08 Å². The van der Waals surface area contributed by atoms with E-state index in [9.17, 15) is 4.79 Å². The summed E-state index contributed by atoms with van der Waals surface area (Å²) < 4.78 is 5.14. The molecule has 0 aliphatic carbocycles. The largest absolute Gasteiger partial charge is 0.444 e. The molecule has 0 aliphatic rings. The van der Waals surface area contributed by atoms with Gasteiger partial charge in [0, 0.05) is 5.69 Å². The van der Waals surface area contributed by atoms with E-state index in [1.807, 2.05) is 32.9 Å². The lowest BCUT2D eigenvalue weighted by atomic mass is 10.2. The standard InChI is InChI=1S/C14H19NO3/c1-14(2,3)18-13(17)15-12-8-6-11(7-9-12)5-4-10-16/h4-9,16H,10H2,1-3H3,(H,15,17)/b5-4+. The van der Waals surface area contributed by atoms with E-state index in [2.05, 4.69) is 5.32 Å². The smallest absolute Gasteiger partial charge is 0.412 e. The van der Waals surface area contributed by atoms with Crippen LogP contribution >= 0.6 is 0 Å². The Morgan fingerprint density at radius 2 is 1.94 bits per heavy atom. The molecule has 4 heteroatoms. The van der Waals surface area contributed by atoms with Gasteiger partial charge in [0.2, 0.25) is 0 Å². The number of carbonyl (C=O) groups is 1. The van der Waals surface area contributed by atoms with E-state index < -0.39 is 11.7 Å². The van der Waals surface area contributed by atoms with Gasteiger partial charge < -0.3 is 9.84 Å². The van der Waals surface area contributed by atoms with Gasteiger partial charge in [-0.3, -0.25) is 5.32 Å². The van der Waals surface area contributed by atoms with Gasteiger partial charge in [-0.1, -0.05) is 24.3 Å². The minimum Gasteiger partial charge on any atom is -0.444 e. The van der Waals surface area contributed by atoms with Crippen LogP contribution in [-0.4, -0.2) is 23.4 Å². The third-order valence-electron chi connectivity index (χ3n) is 1.97. The number of ether oxygens (including phenoxy) is 1. The monoisotopic (exact) mass is 249 g/mol. The van der Waals surface area contributed by atoms with E-state index in [1.165, 1.54) is 0 Å². The lowest BCUT2D eigenvalue weighted by Gasteiger charge is -2.19. The molecule has 4 nitrogen and oxygen atoms in total. The van der Waals surface area contributed by atoms with Crippen LogP contribution in [0.3, 0.4) is 0 Å². The van der Waals surface area contributed by atoms with Gasteiger partial charge in [0.25, 0.3) is 0 Å². The Morgan fingerprint density at radius 1 is 1.33 bits per heavy atom. The lowest BCUT2D eigenvalue weighted by molar-refractivity contribution is 0.0636. The summed E-state index contributed by atoms with van der Waals surface area (Å²) >= 11 is 0. The Balaban J connectivity index is 2.58. The summed E-state index contributed by atoms with van der Waals surface area (Å²) in [4.78, 5) is 11.5. The number of hydrogen-bond acceptors (Lipinski definition) is 3. The van der Waals surface area contributed by atoms with Crippen LogP contribution in [0.4, 0.5) is 10.5 Å². The molecular formula is C14H19NO3. The molecule has 2 N–H and O–H groups in total. The minimum absolute atomic E-state index is 0.0118. The first kappa shape index (κ1) is 14.3. The summed E-state index contributed by atoms with van der Waals surface area (Å²) in [6.07, 6.45) is 2.98. The van der Waals surface area contributed by atoms with E-state index in [-0.39, 0.29) is 6.61 Å². The first-order valence-electron chi connectivity index (χ1n) is 5.78. The first-order chi connectivity index (χ1) is 8.40. The summed E-state index contributed by atoms with van der Waals surface area (Å²) in [5.41, 5.74) is 1.12. The van der Waals surface area contributed by atoms with Gasteiger partial charge in [-0.2, -0.15) is 0 Å². The Hall–Kier alpha value is -1.81. The fourth-order valence-corrected chi connectivity index (χ4v) is 1.29. The van der Waals surface area contributed by atoms with Gasteiger partial charge in [-0.25, -0.2) is 4.79 Å². The molecule has 18 heavy (non-hydrogen) atoms. The minimum atomic E-state index is -0.506. The molecule has 0 saturated carbocycles. The molecule has 0 unspecified atom stereocenters. The second kappa shape index (κ2) is 6.21. The van der Waals surface area contributed by atoms with Crippen LogP contribution in [0, 0.1) is 0 Å². The maximum absolute atomic E-state index is 11.5. The lowest BCUT2D eigenvalue weighted by Crippen LogP contribution is -2.27. The number of aliphatic hydroxyl groups excluding tert-OH is 1. The van der Waals surface area contributed by atoms with Crippen molar-refractivity contribution in [1.82, 2.24) is 0 Å². The SMILES string of the molecule is CC(C)(C)OC(=O)Nc1ccc(/C=C/CO)cc1. The number of rotatable bonds is 3. The van der Waals surface area contributed by atoms with Gasteiger partial charge in [0.1, 0.15) is 5.60 Å². The van der Waals surface area contributed by atoms with Gasteiger partial charge >= 0.3 is 6.09 Å². The summed E-state index contributed by atoms with van der Waals surface area (Å²) in [5, 5.41) is 11.3. The maximum Gasteiger partial charge on any atom is 0.412 e. The second-order valence-corrected chi connectivity index (χ2v) is 4.83. The molecule has 1 amide bonds. The highest BCUT2D eigenvalue weighted by molar-refractivity contribution is 5.85. The summed E-state index contributed by atoms with van der Waals surface area (Å²) in [6, 6.07) is 7.25. The molecule has 0 aromatic heterocycles. The van der Waals surface area contributed by atoms with Crippen molar-refractivity contribution in [3.05, 3.63) is 35.9 Å². The molecule has 0 aliphatic heterocycles. The molecule has 0 bridgehead atoms.